The number of aryl methyl sites for hydroxylation is 1. The summed E-state index contributed by atoms with van der Waals surface area (Å²) in [5, 5.41) is 13.9. The molecule has 0 bridgehead atoms. The van der Waals surface area contributed by atoms with E-state index >= 15 is 0 Å². The van der Waals surface area contributed by atoms with Crippen molar-refractivity contribution in [2.45, 2.75) is 29.9 Å². The highest BCUT2D eigenvalue weighted by atomic mass is 79.9. The van der Waals surface area contributed by atoms with E-state index in [-0.39, 0.29) is 17.1 Å². The summed E-state index contributed by atoms with van der Waals surface area (Å²) in [5.41, 5.74) is 2.31. The topological polar surface area (TPSA) is 84.0 Å². The number of nitrogens with one attached hydrogen (secondary N) is 2. The molecule has 150 valence electrons. The first-order chi connectivity index (χ1) is 13.9. The van der Waals surface area contributed by atoms with Crippen molar-refractivity contribution in [2.24, 2.45) is 0 Å². The zero-order valence-electron chi connectivity index (χ0n) is 15.8. The van der Waals surface area contributed by atoms with Gasteiger partial charge in [0.05, 0.1) is 5.25 Å². The Morgan fingerprint density at radius 3 is 2.59 bits per heavy atom. The van der Waals surface area contributed by atoms with E-state index in [1.54, 1.807) is 6.07 Å². The van der Waals surface area contributed by atoms with E-state index in [0.29, 0.717) is 21.5 Å². The number of nitrogens with zero attached hydrogens (tertiary/aromatic N) is 2. The van der Waals surface area contributed by atoms with Gasteiger partial charge in [0.2, 0.25) is 11.0 Å². The standard InChI is InChI=1S/C20H19BrN4O2S2/c1-3-16(18(27)22-15-9-7-14(21)8-10-15)28-20-25-24-19(29-20)23-17(26)13-6-4-5-12(2)11-13/h4-11,16H,3H2,1-2H3,(H,22,27)(H,23,24,26)/t16-/m1/s1. The van der Waals surface area contributed by atoms with Crippen LogP contribution in [-0.4, -0.2) is 27.3 Å². The molecule has 2 aromatic carbocycles. The van der Waals surface area contributed by atoms with E-state index in [0.717, 1.165) is 15.7 Å². The molecule has 0 spiro atoms. The third-order valence-corrected chi connectivity index (χ3v) is 6.74. The predicted octanol–water partition coefficient (Wildman–Crippen LogP) is 5.37. The number of carbonyl (C=O) groups is 2. The lowest BCUT2D eigenvalue weighted by molar-refractivity contribution is -0.115. The maximum atomic E-state index is 12.6. The lowest BCUT2D eigenvalue weighted by atomic mass is 10.1. The van der Waals surface area contributed by atoms with E-state index in [4.69, 9.17) is 0 Å². The van der Waals surface area contributed by atoms with Crippen molar-refractivity contribution in [3.8, 4) is 0 Å². The second-order valence-corrected chi connectivity index (χ2v) is 9.55. The average Bonchev–Trinajstić information content (AvgIpc) is 3.14. The Morgan fingerprint density at radius 2 is 1.90 bits per heavy atom. The Bertz CT molecular complexity index is 1010. The molecule has 0 radical (unpaired) electrons. The minimum absolute atomic E-state index is 0.0969. The quantitative estimate of drug-likeness (QED) is 0.343. The van der Waals surface area contributed by atoms with Gasteiger partial charge in [0.25, 0.3) is 5.91 Å². The molecule has 0 aliphatic carbocycles. The number of hydrogen-bond donors (Lipinski definition) is 2. The SMILES string of the molecule is CC[C@@H](Sc1nnc(NC(=O)c2cccc(C)c2)s1)C(=O)Nc1ccc(Br)cc1. The van der Waals surface area contributed by atoms with Crippen LogP contribution in [0.1, 0.15) is 29.3 Å². The van der Waals surface area contributed by atoms with Gasteiger partial charge in [-0.25, -0.2) is 0 Å². The van der Waals surface area contributed by atoms with Crippen LogP contribution < -0.4 is 10.6 Å². The number of carbonyl (C=O) groups excluding carboxylic acids is 2. The van der Waals surface area contributed by atoms with Crippen molar-refractivity contribution in [1.29, 1.82) is 0 Å². The molecule has 3 aromatic rings. The molecule has 2 amide bonds. The fourth-order valence-corrected chi connectivity index (χ4v) is 4.64. The number of rotatable bonds is 7. The molecule has 1 heterocycles. The Labute approximate surface area is 185 Å². The fraction of sp³-hybridized carbons (Fsp3) is 0.200. The van der Waals surface area contributed by atoms with Crippen LogP contribution in [0.4, 0.5) is 10.8 Å². The number of hydrogen-bond acceptors (Lipinski definition) is 6. The van der Waals surface area contributed by atoms with E-state index in [1.807, 2.05) is 56.3 Å². The highest BCUT2D eigenvalue weighted by molar-refractivity contribution is 9.10. The zero-order chi connectivity index (χ0) is 20.8. The first-order valence-corrected chi connectivity index (χ1v) is 11.4. The molecular weight excluding hydrogens is 472 g/mol. The second kappa shape index (κ2) is 10.00. The van der Waals surface area contributed by atoms with Gasteiger partial charge in [-0.3, -0.25) is 14.9 Å². The first-order valence-electron chi connectivity index (χ1n) is 8.89. The van der Waals surface area contributed by atoms with E-state index in [9.17, 15) is 9.59 Å². The Kier molecular flexibility index (Phi) is 7.40. The Morgan fingerprint density at radius 1 is 1.14 bits per heavy atom. The lowest BCUT2D eigenvalue weighted by Gasteiger charge is -2.13. The van der Waals surface area contributed by atoms with Crippen LogP contribution in [0.2, 0.25) is 0 Å². The smallest absolute Gasteiger partial charge is 0.257 e. The summed E-state index contributed by atoms with van der Waals surface area (Å²) < 4.78 is 1.58. The number of thioether (sulfide) groups is 1. The highest BCUT2D eigenvalue weighted by Crippen LogP contribution is 2.31. The summed E-state index contributed by atoms with van der Waals surface area (Å²) in [6.45, 7) is 3.88. The third kappa shape index (κ3) is 6.12. The van der Waals surface area contributed by atoms with Crippen LogP contribution >= 0.6 is 39.0 Å². The fourth-order valence-electron chi connectivity index (χ4n) is 2.46. The molecule has 2 N–H and O–H groups in total. The largest absolute Gasteiger partial charge is 0.325 e. The van der Waals surface area contributed by atoms with Gasteiger partial charge in [0.1, 0.15) is 0 Å². The number of halogens is 1. The molecule has 29 heavy (non-hydrogen) atoms. The summed E-state index contributed by atoms with van der Waals surface area (Å²) in [6.07, 6.45) is 0.637. The van der Waals surface area contributed by atoms with Gasteiger partial charge in [-0.05, 0) is 49.7 Å². The number of amides is 2. The summed E-state index contributed by atoms with van der Waals surface area (Å²) in [6, 6.07) is 14.7. The number of aromatic nitrogens is 2. The molecule has 0 aliphatic rings. The predicted molar refractivity (Wildman–Crippen MR) is 122 cm³/mol. The Balaban J connectivity index is 1.60. The van der Waals surface area contributed by atoms with Gasteiger partial charge < -0.3 is 5.32 Å². The summed E-state index contributed by atoms with van der Waals surface area (Å²) in [5.74, 6) is -0.332. The number of benzene rings is 2. The van der Waals surface area contributed by atoms with E-state index < -0.39 is 0 Å². The molecule has 9 heteroatoms. The van der Waals surface area contributed by atoms with Crippen molar-refractivity contribution in [3.05, 3.63) is 64.1 Å². The van der Waals surface area contributed by atoms with Crippen LogP contribution in [0.15, 0.2) is 57.3 Å². The molecule has 0 saturated heterocycles. The maximum absolute atomic E-state index is 12.6. The van der Waals surface area contributed by atoms with Gasteiger partial charge >= 0.3 is 0 Å². The van der Waals surface area contributed by atoms with Gasteiger partial charge in [0, 0.05) is 15.7 Å². The van der Waals surface area contributed by atoms with Crippen molar-refractivity contribution < 1.29 is 9.59 Å². The molecule has 6 nitrogen and oxygen atoms in total. The van der Waals surface area contributed by atoms with Crippen LogP contribution in [-0.2, 0) is 4.79 Å². The van der Waals surface area contributed by atoms with Crippen molar-refractivity contribution in [1.82, 2.24) is 10.2 Å². The summed E-state index contributed by atoms with van der Waals surface area (Å²) in [7, 11) is 0. The Hall–Kier alpha value is -2.23. The zero-order valence-corrected chi connectivity index (χ0v) is 19.0. The van der Waals surface area contributed by atoms with Crippen LogP contribution in [0.5, 0.6) is 0 Å². The molecule has 0 aliphatic heterocycles. The normalized spacial score (nSPS) is 11.7. The molecule has 0 saturated carbocycles. The van der Waals surface area contributed by atoms with Gasteiger partial charge in [-0.1, -0.05) is 63.6 Å². The van der Waals surface area contributed by atoms with Gasteiger partial charge in [-0.2, -0.15) is 0 Å². The maximum Gasteiger partial charge on any atom is 0.257 e. The first kappa shape index (κ1) is 21.5. The monoisotopic (exact) mass is 490 g/mol. The summed E-state index contributed by atoms with van der Waals surface area (Å²) in [4.78, 5) is 24.9. The molecular formula is C20H19BrN4O2S2. The van der Waals surface area contributed by atoms with Crippen molar-refractivity contribution in [2.75, 3.05) is 10.6 Å². The third-order valence-electron chi connectivity index (χ3n) is 3.93. The van der Waals surface area contributed by atoms with Crippen molar-refractivity contribution in [3.63, 3.8) is 0 Å². The molecule has 1 aromatic heterocycles. The molecule has 3 rings (SSSR count). The van der Waals surface area contributed by atoms with Gasteiger partial charge in [-0.15, -0.1) is 10.2 Å². The minimum atomic E-state index is -0.313. The summed E-state index contributed by atoms with van der Waals surface area (Å²) >= 11 is 5.97. The van der Waals surface area contributed by atoms with E-state index in [1.165, 1.54) is 23.1 Å². The number of anilines is 2. The van der Waals surface area contributed by atoms with Crippen LogP contribution in [0, 0.1) is 6.92 Å². The van der Waals surface area contributed by atoms with E-state index in [2.05, 4.69) is 36.8 Å². The molecule has 1 atom stereocenters. The average molecular weight is 491 g/mol. The van der Waals surface area contributed by atoms with Gasteiger partial charge in [0.15, 0.2) is 4.34 Å². The minimum Gasteiger partial charge on any atom is -0.325 e. The lowest BCUT2D eigenvalue weighted by Crippen LogP contribution is -2.24. The molecule has 0 unspecified atom stereocenters. The highest BCUT2D eigenvalue weighted by Gasteiger charge is 2.21. The van der Waals surface area contributed by atoms with Crippen LogP contribution in [0.3, 0.4) is 0 Å². The molecule has 0 fully saturated rings. The second-order valence-electron chi connectivity index (χ2n) is 6.21. The van der Waals surface area contributed by atoms with Crippen LogP contribution in [0.25, 0.3) is 0 Å². The van der Waals surface area contributed by atoms with Crippen molar-refractivity contribution >= 4 is 61.7 Å².